The lowest BCUT2D eigenvalue weighted by Crippen LogP contribution is -2.25. The largest absolute Gasteiger partial charge is 0.354 e. The zero-order valence-corrected chi connectivity index (χ0v) is 15.5. The van der Waals surface area contributed by atoms with E-state index in [4.69, 9.17) is 0 Å². The van der Waals surface area contributed by atoms with Gasteiger partial charge in [0, 0.05) is 18.8 Å². The molecular weight excluding hydrogens is 314 g/mol. The van der Waals surface area contributed by atoms with Gasteiger partial charge in [-0.2, -0.15) is 0 Å². The molecule has 0 unspecified atom stereocenters. The molecule has 2 N–H and O–H groups in total. The maximum absolute atomic E-state index is 12.4. The molecule has 0 spiro atoms. The number of aromatic nitrogens is 2. The normalized spacial score (nSPS) is 10.8. The smallest absolute Gasteiger partial charge is 0.270 e. The van der Waals surface area contributed by atoms with Gasteiger partial charge in [-0.05, 0) is 52.5 Å². The van der Waals surface area contributed by atoms with Crippen molar-refractivity contribution in [3.05, 3.63) is 52.8 Å². The molecule has 6 heteroatoms. The van der Waals surface area contributed by atoms with Crippen LogP contribution in [0.4, 0.5) is 5.95 Å². The first kappa shape index (κ1) is 18.9. The lowest BCUT2D eigenvalue weighted by atomic mass is 10.1. The van der Waals surface area contributed by atoms with Crippen LogP contribution in [0, 0.1) is 13.8 Å². The number of benzene rings is 1. The van der Waals surface area contributed by atoms with Crippen LogP contribution in [0.5, 0.6) is 0 Å². The number of nitrogens with one attached hydrogen (secondary N) is 2. The van der Waals surface area contributed by atoms with E-state index in [0.29, 0.717) is 18.2 Å². The topological polar surface area (TPSA) is 70.2 Å². The molecule has 0 aliphatic heterocycles. The Kier molecular flexibility index (Phi) is 6.89. The average molecular weight is 341 g/mol. The molecule has 2 rings (SSSR count). The zero-order chi connectivity index (χ0) is 18.2. The van der Waals surface area contributed by atoms with Crippen molar-refractivity contribution < 1.29 is 4.79 Å². The van der Waals surface area contributed by atoms with Crippen molar-refractivity contribution in [3.8, 4) is 0 Å². The highest BCUT2D eigenvalue weighted by atomic mass is 16.1. The predicted octanol–water partition coefficient (Wildman–Crippen LogP) is 2.39. The minimum Gasteiger partial charge on any atom is -0.354 e. The second-order valence-corrected chi connectivity index (χ2v) is 6.47. The van der Waals surface area contributed by atoms with Crippen molar-refractivity contribution in [2.45, 2.75) is 26.8 Å². The molecule has 0 aliphatic rings. The number of nitrogens with zero attached hydrogens (tertiary/aromatic N) is 3. The quantitative estimate of drug-likeness (QED) is 0.722. The Balaban J connectivity index is 1.94. The SMILES string of the molecule is Cc1cccc(CNC(=O)c2cc(C)nc(NCCCN(C)C)n2)c1. The highest BCUT2D eigenvalue weighted by Crippen LogP contribution is 2.07. The van der Waals surface area contributed by atoms with Gasteiger partial charge in [-0.25, -0.2) is 9.97 Å². The van der Waals surface area contributed by atoms with Gasteiger partial charge in [0.25, 0.3) is 5.91 Å². The summed E-state index contributed by atoms with van der Waals surface area (Å²) < 4.78 is 0. The lowest BCUT2D eigenvalue weighted by Gasteiger charge is -2.11. The third kappa shape index (κ3) is 6.51. The predicted molar refractivity (Wildman–Crippen MR) is 101 cm³/mol. The van der Waals surface area contributed by atoms with E-state index in [-0.39, 0.29) is 5.91 Å². The second-order valence-electron chi connectivity index (χ2n) is 6.47. The molecule has 1 aromatic carbocycles. The molecule has 25 heavy (non-hydrogen) atoms. The molecule has 0 fully saturated rings. The maximum atomic E-state index is 12.4. The zero-order valence-electron chi connectivity index (χ0n) is 15.5. The Morgan fingerprint density at radius 3 is 2.68 bits per heavy atom. The standard InChI is InChI=1S/C19H27N5O/c1-14-7-5-8-16(11-14)13-21-18(25)17-12-15(2)22-19(23-17)20-9-6-10-24(3)4/h5,7-8,11-12H,6,9-10,13H2,1-4H3,(H,21,25)(H,20,22,23). The van der Waals surface area contributed by atoms with Gasteiger partial charge in [-0.3, -0.25) is 4.79 Å². The van der Waals surface area contributed by atoms with Gasteiger partial charge in [0.1, 0.15) is 5.69 Å². The van der Waals surface area contributed by atoms with Gasteiger partial charge in [-0.1, -0.05) is 29.8 Å². The average Bonchev–Trinajstić information content (AvgIpc) is 2.56. The van der Waals surface area contributed by atoms with Crippen molar-refractivity contribution in [2.24, 2.45) is 0 Å². The van der Waals surface area contributed by atoms with Crippen LogP contribution in [0.1, 0.15) is 33.7 Å². The van der Waals surface area contributed by atoms with E-state index in [1.165, 1.54) is 5.56 Å². The maximum Gasteiger partial charge on any atom is 0.270 e. The fraction of sp³-hybridized carbons (Fsp3) is 0.421. The molecule has 0 radical (unpaired) electrons. The highest BCUT2D eigenvalue weighted by Gasteiger charge is 2.10. The fourth-order valence-corrected chi connectivity index (χ4v) is 2.45. The Bertz CT molecular complexity index is 715. The number of amides is 1. The van der Waals surface area contributed by atoms with Gasteiger partial charge in [0.05, 0.1) is 0 Å². The summed E-state index contributed by atoms with van der Waals surface area (Å²) in [5.74, 6) is 0.308. The molecule has 0 saturated carbocycles. The molecule has 1 aromatic heterocycles. The van der Waals surface area contributed by atoms with Gasteiger partial charge >= 0.3 is 0 Å². The monoisotopic (exact) mass is 341 g/mol. The molecule has 1 amide bonds. The lowest BCUT2D eigenvalue weighted by molar-refractivity contribution is 0.0945. The molecule has 1 heterocycles. The van der Waals surface area contributed by atoms with Crippen LogP contribution < -0.4 is 10.6 Å². The van der Waals surface area contributed by atoms with Gasteiger partial charge < -0.3 is 15.5 Å². The van der Waals surface area contributed by atoms with Gasteiger partial charge in [0.15, 0.2) is 0 Å². The van der Waals surface area contributed by atoms with E-state index in [1.807, 2.05) is 46.1 Å². The Morgan fingerprint density at radius 2 is 1.96 bits per heavy atom. The summed E-state index contributed by atoms with van der Waals surface area (Å²) in [5, 5.41) is 6.10. The molecule has 0 saturated heterocycles. The summed E-state index contributed by atoms with van der Waals surface area (Å²) in [6.07, 6.45) is 0.985. The van der Waals surface area contributed by atoms with Crippen molar-refractivity contribution in [3.63, 3.8) is 0 Å². The van der Waals surface area contributed by atoms with Crippen molar-refractivity contribution in [1.82, 2.24) is 20.2 Å². The van der Waals surface area contributed by atoms with Crippen LogP contribution in [0.15, 0.2) is 30.3 Å². The third-order valence-electron chi connectivity index (χ3n) is 3.69. The summed E-state index contributed by atoms with van der Waals surface area (Å²) in [5.41, 5.74) is 3.40. The van der Waals surface area contributed by atoms with E-state index < -0.39 is 0 Å². The van der Waals surface area contributed by atoms with Crippen molar-refractivity contribution >= 4 is 11.9 Å². The molecular formula is C19H27N5O. The van der Waals surface area contributed by atoms with Gasteiger partial charge in [-0.15, -0.1) is 0 Å². The molecule has 0 bridgehead atoms. The minimum atomic E-state index is -0.191. The van der Waals surface area contributed by atoms with Crippen LogP contribution >= 0.6 is 0 Å². The van der Waals surface area contributed by atoms with Crippen LogP contribution in [0.3, 0.4) is 0 Å². The summed E-state index contributed by atoms with van der Waals surface area (Å²) in [6.45, 7) is 6.14. The van der Waals surface area contributed by atoms with E-state index in [0.717, 1.165) is 30.8 Å². The van der Waals surface area contributed by atoms with Crippen LogP contribution in [-0.2, 0) is 6.54 Å². The molecule has 0 atom stereocenters. The number of carbonyl (C=O) groups excluding carboxylic acids is 1. The van der Waals surface area contributed by atoms with Crippen LogP contribution in [-0.4, -0.2) is 48.0 Å². The summed E-state index contributed by atoms with van der Waals surface area (Å²) in [7, 11) is 4.08. The molecule has 2 aromatic rings. The van der Waals surface area contributed by atoms with Crippen molar-refractivity contribution in [1.29, 1.82) is 0 Å². The highest BCUT2D eigenvalue weighted by molar-refractivity contribution is 5.92. The number of hydrogen-bond donors (Lipinski definition) is 2. The van der Waals surface area contributed by atoms with Crippen LogP contribution in [0.25, 0.3) is 0 Å². The molecule has 134 valence electrons. The van der Waals surface area contributed by atoms with Gasteiger partial charge in [0.2, 0.25) is 5.95 Å². The summed E-state index contributed by atoms with van der Waals surface area (Å²) >= 11 is 0. The fourth-order valence-electron chi connectivity index (χ4n) is 2.45. The number of rotatable bonds is 8. The van der Waals surface area contributed by atoms with E-state index in [9.17, 15) is 4.79 Å². The number of aryl methyl sites for hydroxylation is 2. The Hall–Kier alpha value is -2.47. The third-order valence-corrected chi connectivity index (χ3v) is 3.69. The van der Waals surface area contributed by atoms with E-state index in [2.05, 4.69) is 31.6 Å². The number of anilines is 1. The van der Waals surface area contributed by atoms with E-state index >= 15 is 0 Å². The first-order valence-corrected chi connectivity index (χ1v) is 8.52. The minimum absolute atomic E-state index is 0.191. The molecule has 0 aliphatic carbocycles. The Labute approximate surface area is 149 Å². The van der Waals surface area contributed by atoms with E-state index in [1.54, 1.807) is 6.07 Å². The first-order chi connectivity index (χ1) is 11.9. The summed E-state index contributed by atoms with van der Waals surface area (Å²) in [4.78, 5) is 23.2. The summed E-state index contributed by atoms with van der Waals surface area (Å²) in [6, 6.07) is 9.78. The Morgan fingerprint density at radius 1 is 1.16 bits per heavy atom. The van der Waals surface area contributed by atoms with Crippen LogP contribution in [0.2, 0.25) is 0 Å². The molecule has 6 nitrogen and oxygen atoms in total. The van der Waals surface area contributed by atoms with Crippen molar-refractivity contribution in [2.75, 3.05) is 32.5 Å². The number of hydrogen-bond acceptors (Lipinski definition) is 5. The second kappa shape index (κ2) is 9.13. The first-order valence-electron chi connectivity index (χ1n) is 8.52. The number of carbonyl (C=O) groups is 1.